The van der Waals surface area contributed by atoms with Gasteiger partial charge in [-0.25, -0.2) is 4.39 Å². The van der Waals surface area contributed by atoms with Gasteiger partial charge in [-0.2, -0.15) is 0 Å². The van der Waals surface area contributed by atoms with Crippen LogP contribution in [0.4, 0.5) is 10.1 Å². The number of non-ortho nitro benzene ring substituents is 1. The molecule has 1 amide bonds. The van der Waals surface area contributed by atoms with Crippen LogP contribution >= 0.6 is 0 Å². The van der Waals surface area contributed by atoms with Crippen molar-refractivity contribution >= 4 is 11.6 Å². The molecule has 0 atom stereocenters. The molecule has 0 bridgehead atoms. The Bertz CT molecular complexity index is 541. The second-order valence-corrected chi connectivity index (χ2v) is 5.02. The largest absolute Gasteiger partial charge is 0.394 e. The fraction of sp³-hybridized carbons (Fsp3) is 0.462. The molecule has 1 fully saturated rings. The number of hydrogen-bond acceptors (Lipinski definition) is 4. The summed E-state index contributed by atoms with van der Waals surface area (Å²) in [5.41, 5.74) is -1.46. The SMILES string of the molecule is O=C(NC1(CO)CCCC1)c1cc([N+](=O)[O-])ccc1F. The third kappa shape index (κ3) is 2.77. The Hall–Kier alpha value is -2.02. The fourth-order valence-electron chi connectivity index (χ4n) is 2.48. The van der Waals surface area contributed by atoms with E-state index in [2.05, 4.69) is 5.32 Å². The number of carbonyl (C=O) groups excluding carboxylic acids is 1. The van der Waals surface area contributed by atoms with Crippen molar-refractivity contribution in [3.8, 4) is 0 Å². The van der Waals surface area contributed by atoms with E-state index in [9.17, 15) is 24.4 Å². The first-order valence-electron chi connectivity index (χ1n) is 6.35. The monoisotopic (exact) mass is 282 g/mol. The molecule has 0 unspecified atom stereocenters. The molecule has 1 aliphatic carbocycles. The van der Waals surface area contributed by atoms with Gasteiger partial charge in [0.25, 0.3) is 11.6 Å². The van der Waals surface area contributed by atoms with Gasteiger partial charge in [0.05, 0.1) is 22.6 Å². The van der Waals surface area contributed by atoms with Gasteiger partial charge in [0.15, 0.2) is 0 Å². The third-order valence-electron chi connectivity index (χ3n) is 3.65. The number of benzene rings is 1. The molecule has 1 aliphatic rings. The molecular formula is C13H15FN2O4. The van der Waals surface area contributed by atoms with E-state index in [1.807, 2.05) is 0 Å². The minimum absolute atomic E-state index is 0.227. The van der Waals surface area contributed by atoms with E-state index in [1.54, 1.807) is 0 Å². The maximum Gasteiger partial charge on any atom is 0.270 e. The lowest BCUT2D eigenvalue weighted by atomic mass is 9.98. The number of halogens is 1. The van der Waals surface area contributed by atoms with Crippen LogP contribution in [0, 0.1) is 15.9 Å². The molecular weight excluding hydrogens is 267 g/mol. The molecule has 2 rings (SSSR count). The van der Waals surface area contributed by atoms with Crippen LogP contribution in [0.3, 0.4) is 0 Å². The van der Waals surface area contributed by atoms with Gasteiger partial charge in [-0.05, 0) is 18.9 Å². The molecule has 7 heteroatoms. The standard InChI is InChI=1S/C13H15FN2O4/c14-11-4-3-9(16(19)20)7-10(11)12(18)15-13(8-17)5-1-2-6-13/h3-4,7,17H,1-2,5-6,8H2,(H,15,18). The lowest BCUT2D eigenvalue weighted by Crippen LogP contribution is -2.49. The third-order valence-corrected chi connectivity index (χ3v) is 3.65. The maximum absolute atomic E-state index is 13.6. The van der Waals surface area contributed by atoms with Crippen LogP contribution in [0.2, 0.25) is 0 Å². The summed E-state index contributed by atoms with van der Waals surface area (Å²) in [6, 6.07) is 2.81. The second kappa shape index (κ2) is 5.54. The van der Waals surface area contributed by atoms with Gasteiger partial charge in [-0.1, -0.05) is 12.8 Å². The number of hydrogen-bond donors (Lipinski definition) is 2. The zero-order valence-corrected chi connectivity index (χ0v) is 10.8. The molecule has 108 valence electrons. The van der Waals surface area contributed by atoms with Crippen LogP contribution in [0.5, 0.6) is 0 Å². The highest BCUT2D eigenvalue weighted by molar-refractivity contribution is 5.95. The van der Waals surface area contributed by atoms with Gasteiger partial charge in [0, 0.05) is 12.1 Å². The van der Waals surface area contributed by atoms with Crippen molar-refractivity contribution in [2.75, 3.05) is 6.61 Å². The molecule has 2 N–H and O–H groups in total. The van der Waals surface area contributed by atoms with E-state index < -0.39 is 22.2 Å². The van der Waals surface area contributed by atoms with E-state index >= 15 is 0 Å². The Labute approximate surface area is 114 Å². The van der Waals surface area contributed by atoms with Gasteiger partial charge in [0.1, 0.15) is 5.82 Å². The maximum atomic E-state index is 13.6. The van der Waals surface area contributed by atoms with E-state index in [4.69, 9.17) is 0 Å². The minimum Gasteiger partial charge on any atom is -0.394 e. The summed E-state index contributed by atoms with van der Waals surface area (Å²) in [4.78, 5) is 22.1. The van der Waals surface area contributed by atoms with Gasteiger partial charge in [-0.15, -0.1) is 0 Å². The zero-order chi connectivity index (χ0) is 14.8. The first-order valence-corrected chi connectivity index (χ1v) is 6.35. The number of carbonyl (C=O) groups is 1. The van der Waals surface area contributed by atoms with Gasteiger partial charge < -0.3 is 10.4 Å². The molecule has 1 aromatic rings. The van der Waals surface area contributed by atoms with Crippen molar-refractivity contribution < 1.29 is 19.2 Å². The van der Waals surface area contributed by atoms with Crippen LogP contribution in [-0.4, -0.2) is 28.1 Å². The minimum atomic E-state index is -0.820. The number of nitrogens with one attached hydrogen (secondary N) is 1. The number of nitro groups is 1. The lowest BCUT2D eigenvalue weighted by molar-refractivity contribution is -0.384. The number of aliphatic hydroxyl groups excluding tert-OH is 1. The molecule has 1 aromatic carbocycles. The first kappa shape index (κ1) is 14.4. The van der Waals surface area contributed by atoms with Crippen LogP contribution in [0.25, 0.3) is 0 Å². The van der Waals surface area contributed by atoms with Gasteiger partial charge >= 0.3 is 0 Å². The molecule has 0 radical (unpaired) electrons. The zero-order valence-electron chi connectivity index (χ0n) is 10.8. The quantitative estimate of drug-likeness (QED) is 0.650. The van der Waals surface area contributed by atoms with Crippen LogP contribution in [0.15, 0.2) is 18.2 Å². The molecule has 20 heavy (non-hydrogen) atoms. The summed E-state index contributed by atoms with van der Waals surface area (Å²) < 4.78 is 13.6. The van der Waals surface area contributed by atoms with Crippen molar-refractivity contribution in [1.29, 1.82) is 0 Å². The summed E-state index contributed by atoms with van der Waals surface area (Å²) in [6.45, 7) is -0.227. The Morgan fingerprint density at radius 3 is 2.65 bits per heavy atom. The Morgan fingerprint density at radius 2 is 2.10 bits per heavy atom. The van der Waals surface area contributed by atoms with Gasteiger partial charge in [0.2, 0.25) is 0 Å². The normalized spacial score (nSPS) is 16.9. The predicted molar refractivity (Wildman–Crippen MR) is 68.8 cm³/mol. The number of aliphatic hydroxyl groups is 1. The molecule has 0 saturated heterocycles. The number of rotatable bonds is 4. The van der Waals surface area contributed by atoms with Crippen molar-refractivity contribution in [3.05, 3.63) is 39.7 Å². The Morgan fingerprint density at radius 1 is 1.45 bits per heavy atom. The van der Waals surface area contributed by atoms with E-state index in [0.29, 0.717) is 12.8 Å². The van der Waals surface area contributed by atoms with Crippen molar-refractivity contribution in [1.82, 2.24) is 5.32 Å². The number of nitro benzene ring substituents is 1. The average Bonchev–Trinajstić information content (AvgIpc) is 2.88. The summed E-state index contributed by atoms with van der Waals surface area (Å²) in [6.07, 6.45) is 2.98. The molecule has 6 nitrogen and oxygen atoms in total. The highest BCUT2D eigenvalue weighted by atomic mass is 19.1. The summed E-state index contributed by atoms with van der Waals surface area (Å²) >= 11 is 0. The fourth-order valence-corrected chi connectivity index (χ4v) is 2.48. The summed E-state index contributed by atoms with van der Waals surface area (Å²) in [5.74, 6) is -1.55. The smallest absolute Gasteiger partial charge is 0.270 e. The highest BCUT2D eigenvalue weighted by Gasteiger charge is 2.35. The predicted octanol–water partition coefficient (Wildman–Crippen LogP) is 1.77. The summed E-state index contributed by atoms with van der Waals surface area (Å²) in [5, 5.41) is 22.7. The number of nitrogens with zero attached hydrogens (tertiary/aromatic N) is 1. The average molecular weight is 282 g/mol. The van der Waals surface area contributed by atoms with Crippen LogP contribution < -0.4 is 5.32 Å². The van der Waals surface area contributed by atoms with Crippen molar-refractivity contribution in [3.63, 3.8) is 0 Å². The van der Waals surface area contributed by atoms with E-state index in [-0.39, 0.29) is 17.9 Å². The molecule has 1 saturated carbocycles. The van der Waals surface area contributed by atoms with Gasteiger partial charge in [-0.3, -0.25) is 14.9 Å². The lowest BCUT2D eigenvalue weighted by Gasteiger charge is -2.28. The molecule has 0 spiro atoms. The number of amides is 1. The van der Waals surface area contributed by atoms with Crippen LogP contribution in [0.1, 0.15) is 36.0 Å². The Kier molecular flexibility index (Phi) is 3.99. The molecule has 0 heterocycles. The summed E-state index contributed by atoms with van der Waals surface area (Å²) in [7, 11) is 0. The second-order valence-electron chi connectivity index (χ2n) is 5.02. The van der Waals surface area contributed by atoms with E-state index in [0.717, 1.165) is 31.0 Å². The molecule has 0 aromatic heterocycles. The van der Waals surface area contributed by atoms with Crippen molar-refractivity contribution in [2.45, 2.75) is 31.2 Å². The Balaban J connectivity index is 2.24. The van der Waals surface area contributed by atoms with Crippen molar-refractivity contribution in [2.24, 2.45) is 0 Å². The first-order chi connectivity index (χ1) is 9.47. The van der Waals surface area contributed by atoms with Crippen LogP contribution in [-0.2, 0) is 0 Å². The topological polar surface area (TPSA) is 92.5 Å². The van der Waals surface area contributed by atoms with E-state index in [1.165, 1.54) is 0 Å². The highest BCUT2D eigenvalue weighted by Crippen LogP contribution is 2.29. The molecule has 0 aliphatic heterocycles.